The molecule has 1 saturated carbocycles. The molecule has 0 saturated heterocycles. The van der Waals surface area contributed by atoms with Gasteiger partial charge in [-0.05, 0) is 60.6 Å². The largest absolute Gasteiger partial charge is 0.333 e. The van der Waals surface area contributed by atoms with E-state index in [0.29, 0.717) is 13.0 Å². The fourth-order valence-corrected chi connectivity index (χ4v) is 3.11. The van der Waals surface area contributed by atoms with Crippen LogP contribution in [0.2, 0.25) is 0 Å². The maximum Gasteiger partial charge on any atom is 0.294 e. The third-order valence-corrected chi connectivity index (χ3v) is 4.79. The van der Waals surface area contributed by atoms with Crippen LogP contribution >= 0.6 is 11.3 Å². The summed E-state index contributed by atoms with van der Waals surface area (Å²) in [5.41, 5.74) is 0.955. The summed E-state index contributed by atoms with van der Waals surface area (Å²) in [4.78, 5) is 27.2. The number of rotatable bonds is 7. The van der Waals surface area contributed by atoms with Gasteiger partial charge in [0.15, 0.2) is 0 Å². The SMILES string of the molecule is O=C(/C=C/c1cccs1)C(=O)N(CCc1ccc(F)cc1)C1CC1. The van der Waals surface area contributed by atoms with Crippen molar-refractivity contribution in [1.29, 1.82) is 0 Å². The van der Waals surface area contributed by atoms with E-state index in [1.807, 2.05) is 17.5 Å². The van der Waals surface area contributed by atoms with Crippen LogP contribution in [0.3, 0.4) is 0 Å². The molecular weight excluding hydrogens is 325 g/mol. The Balaban J connectivity index is 1.61. The van der Waals surface area contributed by atoms with Gasteiger partial charge in [0, 0.05) is 17.5 Å². The second-order valence-corrected chi connectivity index (χ2v) is 6.80. The van der Waals surface area contributed by atoms with E-state index < -0.39 is 11.7 Å². The second-order valence-electron chi connectivity index (χ2n) is 5.82. The number of halogens is 1. The van der Waals surface area contributed by atoms with Crippen LogP contribution in [0.5, 0.6) is 0 Å². The molecule has 0 radical (unpaired) electrons. The van der Waals surface area contributed by atoms with Gasteiger partial charge in [-0.25, -0.2) is 4.39 Å². The summed E-state index contributed by atoms with van der Waals surface area (Å²) in [5.74, 6) is -1.22. The van der Waals surface area contributed by atoms with Gasteiger partial charge in [-0.2, -0.15) is 0 Å². The van der Waals surface area contributed by atoms with Crippen LogP contribution in [-0.2, 0) is 16.0 Å². The van der Waals surface area contributed by atoms with E-state index in [4.69, 9.17) is 0 Å². The Hall–Kier alpha value is -2.27. The highest BCUT2D eigenvalue weighted by Crippen LogP contribution is 2.27. The van der Waals surface area contributed by atoms with Gasteiger partial charge in [-0.1, -0.05) is 18.2 Å². The van der Waals surface area contributed by atoms with E-state index in [9.17, 15) is 14.0 Å². The molecule has 124 valence electrons. The summed E-state index contributed by atoms with van der Waals surface area (Å²) in [5, 5.41) is 1.92. The molecule has 24 heavy (non-hydrogen) atoms. The molecule has 1 aromatic carbocycles. The molecule has 3 rings (SSSR count). The lowest BCUT2D eigenvalue weighted by atomic mass is 10.1. The zero-order valence-electron chi connectivity index (χ0n) is 13.2. The third-order valence-electron chi connectivity index (χ3n) is 3.96. The molecule has 1 amide bonds. The molecule has 2 aromatic rings. The van der Waals surface area contributed by atoms with E-state index in [1.165, 1.54) is 29.5 Å². The zero-order chi connectivity index (χ0) is 16.9. The minimum atomic E-state index is -0.491. The summed E-state index contributed by atoms with van der Waals surface area (Å²) in [6, 6.07) is 10.2. The molecule has 5 heteroatoms. The number of amides is 1. The Labute approximate surface area is 144 Å². The number of benzene rings is 1. The first-order valence-corrected chi connectivity index (χ1v) is 8.82. The highest BCUT2D eigenvalue weighted by molar-refractivity contribution is 7.10. The van der Waals surface area contributed by atoms with Gasteiger partial charge in [-0.3, -0.25) is 9.59 Å². The highest BCUT2D eigenvalue weighted by atomic mass is 32.1. The number of ketones is 1. The molecule has 1 aliphatic rings. The fourth-order valence-electron chi connectivity index (χ4n) is 2.49. The highest BCUT2D eigenvalue weighted by Gasteiger charge is 2.34. The third kappa shape index (κ3) is 4.38. The number of hydrogen-bond donors (Lipinski definition) is 0. The smallest absolute Gasteiger partial charge is 0.294 e. The Morgan fingerprint density at radius 1 is 1.21 bits per heavy atom. The Bertz CT molecular complexity index is 733. The van der Waals surface area contributed by atoms with E-state index in [1.54, 1.807) is 23.1 Å². The van der Waals surface area contributed by atoms with Gasteiger partial charge < -0.3 is 4.90 Å². The van der Waals surface area contributed by atoms with E-state index >= 15 is 0 Å². The predicted molar refractivity (Wildman–Crippen MR) is 93.2 cm³/mol. The Morgan fingerprint density at radius 3 is 2.58 bits per heavy atom. The van der Waals surface area contributed by atoms with Crippen LogP contribution < -0.4 is 0 Å². The molecule has 0 unspecified atom stereocenters. The summed E-state index contributed by atoms with van der Waals surface area (Å²) >= 11 is 1.52. The second kappa shape index (κ2) is 7.53. The molecule has 0 spiro atoms. The number of thiophene rings is 1. The van der Waals surface area contributed by atoms with Gasteiger partial charge >= 0.3 is 0 Å². The van der Waals surface area contributed by atoms with Crippen LogP contribution in [0.1, 0.15) is 23.3 Å². The Morgan fingerprint density at radius 2 is 1.96 bits per heavy atom. The fraction of sp³-hybridized carbons (Fsp3) is 0.263. The van der Waals surface area contributed by atoms with E-state index in [-0.39, 0.29) is 11.9 Å². The van der Waals surface area contributed by atoms with Crippen molar-refractivity contribution in [3.05, 3.63) is 64.1 Å². The Kier molecular flexibility index (Phi) is 5.20. The standard InChI is InChI=1S/C19H18FNO2S/c20-15-5-3-14(4-6-15)11-12-21(16-7-8-16)19(23)18(22)10-9-17-2-1-13-24-17/h1-6,9-10,13,16H,7-8,11-12H2/b10-9+. The lowest BCUT2D eigenvalue weighted by molar-refractivity contribution is -0.142. The predicted octanol–water partition coefficient (Wildman–Crippen LogP) is 3.70. The van der Waals surface area contributed by atoms with Crippen molar-refractivity contribution in [2.45, 2.75) is 25.3 Å². The molecule has 1 fully saturated rings. The minimum Gasteiger partial charge on any atom is -0.333 e. The first-order valence-electron chi connectivity index (χ1n) is 7.94. The summed E-state index contributed by atoms with van der Waals surface area (Å²) in [6.45, 7) is 0.480. The zero-order valence-corrected chi connectivity index (χ0v) is 14.0. The normalized spacial score (nSPS) is 14.0. The van der Waals surface area contributed by atoms with Gasteiger partial charge in [0.1, 0.15) is 5.82 Å². The van der Waals surface area contributed by atoms with Crippen LogP contribution in [-0.4, -0.2) is 29.2 Å². The molecule has 0 bridgehead atoms. The molecule has 0 atom stereocenters. The van der Waals surface area contributed by atoms with Crippen LogP contribution in [0.25, 0.3) is 6.08 Å². The molecule has 1 aromatic heterocycles. The molecule has 1 aliphatic carbocycles. The van der Waals surface area contributed by atoms with Crippen LogP contribution in [0, 0.1) is 5.82 Å². The minimum absolute atomic E-state index is 0.164. The quantitative estimate of drug-likeness (QED) is 0.568. The molecule has 0 N–H and O–H groups in total. The van der Waals surface area contributed by atoms with Crippen molar-refractivity contribution >= 4 is 29.1 Å². The van der Waals surface area contributed by atoms with Crippen molar-refractivity contribution in [2.75, 3.05) is 6.54 Å². The first kappa shape index (κ1) is 16.6. The van der Waals surface area contributed by atoms with Crippen molar-refractivity contribution < 1.29 is 14.0 Å². The van der Waals surface area contributed by atoms with Gasteiger partial charge in [0.25, 0.3) is 5.91 Å². The number of nitrogens with zero attached hydrogens (tertiary/aromatic N) is 1. The van der Waals surface area contributed by atoms with Crippen molar-refractivity contribution in [1.82, 2.24) is 4.90 Å². The summed E-state index contributed by atoms with van der Waals surface area (Å²) < 4.78 is 12.9. The molecular formula is C19H18FNO2S. The van der Waals surface area contributed by atoms with E-state index in [2.05, 4.69) is 0 Å². The lowest BCUT2D eigenvalue weighted by Crippen LogP contribution is -2.39. The van der Waals surface area contributed by atoms with Crippen molar-refractivity contribution in [3.8, 4) is 0 Å². The summed E-state index contributed by atoms with van der Waals surface area (Å²) in [7, 11) is 0. The average molecular weight is 343 g/mol. The topological polar surface area (TPSA) is 37.4 Å². The molecule has 0 aliphatic heterocycles. The maximum atomic E-state index is 12.9. The number of carbonyl (C=O) groups is 2. The number of carbonyl (C=O) groups excluding carboxylic acids is 2. The first-order chi connectivity index (χ1) is 11.6. The molecule has 3 nitrogen and oxygen atoms in total. The maximum absolute atomic E-state index is 12.9. The van der Waals surface area contributed by atoms with E-state index in [0.717, 1.165) is 23.3 Å². The van der Waals surface area contributed by atoms with Gasteiger partial charge in [0.2, 0.25) is 5.78 Å². The average Bonchev–Trinajstić information content (AvgIpc) is 3.29. The van der Waals surface area contributed by atoms with Crippen molar-refractivity contribution in [3.63, 3.8) is 0 Å². The van der Waals surface area contributed by atoms with Gasteiger partial charge in [-0.15, -0.1) is 11.3 Å². The molecule has 1 heterocycles. The van der Waals surface area contributed by atoms with Gasteiger partial charge in [0.05, 0.1) is 0 Å². The van der Waals surface area contributed by atoms with Crippen molar-refractivity contribution in [2.24, 2.45) is 0 Å². The summed E-state index contributed by atoms with van der Waals surface area (Å²) in [6.07, 6.45) is 5.52. The monoisotopic (exact) mass is 343 g/mol. The van der Waals surface area contributed by atoms with Crippen LogP contribution in [0.4, 0.5) is 4.39 Å². The number of hydrogen-bond acceptors (Lipinski definition) is 3. The van der Waals surface area contributed by atoms with Crippen LogP contribution in [0.15, 0.2) is 47.9 Å². The lowest BCUT2D eigenvalue weighted by Gasteiger charge is -2.21.